The van der Waals surface area contributed by atoms with Crippen LogP contribution in [0.5, 0.6) is 0 Å². The minimum Gasteiger partial charge on any atom is -0.460 e. The predicted molar refractivity (Wildman–Crippen MR) is 71.4 cm³/mol. The van der Waals surface area contributed by atoms with E-state index in [1.54, 1.807) is 25.1 Å². The third-order valence-electron chi connectivity index (χ3n) is 2.69. The Kier molecular flexibility index (Phi) is 2.86. The predicted octanol–water partition coefficient (Wildman–Crippen LogP) is 1.04. The van der Waals surface area contributed by atoms with E-state index in [-0.39, 0.29) is 23.6 Å². The summed E-state index contributed by atoms with van der Waals surface area (Å²) in [4.78, 5) is 38.3. The van der Waals surface area contributed by atoms with Crippen LogP contribution in [0.15, 0.2) is 29.1 Å². The van der Waals surface area contributed by atoms with Crippen molar-refractivity contribution < 1.29 is 9.53 Å². The van der Waals surface area contributed by atoms with Gasteiger partial charge in [0.15, 0.2) is 11.2 Å². The lowest BCUT2D eigenvalue weighted by Crippen LogP contribution is -2.19. The first kappa shape index (κ1) is 12.2. The Morgan fingerprint density at radius 2 is 1.90 bits per heavy atom. The van der Waals surface area contributed by atoms with Crippen LogP contribution in [-0.4, -0.2) is 32.5 Å². The Bertz CT molecular complexity index is 872. The van der Waals surface area contributed by atoms with E-state index in [4.69, 9.17) is 4.74 Å². The van der Waals surface area contributed by atoms with E-state index in [2.05, 4.69) is 19.9 Å². The molecule has 20 heavy (non-hydrogen) atoms. The third-order valence-corrected chi connectivity index (χ3v) is 2.69. The van der Waals surface area contributed by atoms with Gasteiger partial charge in [-0.25, -0.2) is 19.7 Å². The van der Waals surface area contributed by atoms with Crippen LogP contribution in [-0.2, 0) is 4.74 Å². The van der Waals surface area contributed by atoms with E-state index >= 15 is 0 Å². The van der Waals surface area contributed by atoms with Crippen molar-refractivity contribution in [2.45, 2.75) is 6.92 Å². The summed E-state index contributed by atoms with van der Waals surface area (Å²) in [6, 6.07) is 7.12. The SMILES string of the molecule is CCOC(=O)c1nc2nc3ccccc3nc2c(=O)[nH]1. The Labute approximate surface area is 112 Å². The van der Waals surface area contributed by atoms with Crippen molar-refractivity contribution in [3.05, 3.63) is 40.4 Å². The van der Waals surface area contributed by atoms with Crippen LogP contribution < -0.4 is 5.56 Å². The summed E-state index contributed by atoms with van der Waals surface area (Å²) in [5.41, 5.74) is 0.896. The van der Waals surface area contributed by atoms with E-state index in [1.165, 1.54) is 0 Å². The molecule has 1 N–H and O–H groups in total. The number of aromatic nitrogens is 4. The summed E-state index contributed by atoms with van der Waals surface area (Å²) in [5.74, 6) is -0.865. The highest BCUT2D eigenvalue weighted by Gasteiger charge is 2.14. The van der Waals surface area contributed by atoms with Crippen molar-refractivity contribution in [3.8, 4) is 0 Å². The second-order valence-electron chi connectivity index (χ2n) is 4.02. The zero-order valence-electron chi connectivity index (χ0n) is 10.6. The number of aromatic amines is 1. The molecule has 7 nitrogen and oxygen atoms in total. The highest BCUT2D eigenvalue weighted by molar-refractivity contribution is 5.89. The molecule has 0 saturated heterocycles. The number of benzene rings is 1. The molecular weight excluding hydrogens is 260 g/mol. The molecule has 0 saturated carbocycles. The van der Waals surface area contributed by atoms with Crippen molar-refractivity contribution in [2.75, 3.05) is 6.61 Å². The van der Waals surface area contributed by atoms with Crippen molar-refractivity contribution in [1.82, 2.24) is 19.9 Å². The number of para-hydroxylation sites is 2. The summed E-state index contributed by atoms with van der Waals surface area (Å²) in [7, 11) is 0. The molecule has 1 aromatic carbocycles. The number of nitrogens with one attached hydrogen (secondary N) is 1. The average molecular weight is 270 g/mol. The van der Waals surface area contributed by atoms with Gasteiger partial charge in [-0.2, -0.15) is 0 Å². The first-order chi connectivity index (χ1) is 9.69. The van der Waals surface area contributed by atoms with Gasteiger partial charge < -0.3 is 4.74 Å². The van der Waals surface area contributed by atoms with Crippen molar-refractivity contribution >= 4 is 28.2 Å². The highest BCUT2D eigenvalue weighted by Crippen LogP contribution is 2.11. The number of carbonyl (C=O) groups is 1. The molecule has 2 aromatic heterocycles. The number of esters is 1. The number of ether oxygens (including phenoxy) is 1. The van der Waals surface area contributed by atoms with E-state index in [1.807, 2.05) is 6.07 Å². The summed E-state index contributed by atoms with van der Waals surface area (Å²) in [6.07, 6.45) is 0. The van der Waals surface area contributed by atoms with Crippen LogP contribution in [0.25, 0.3) is 22.2 Å². The standard InChI is InChI=1S/C13H10N4O3/c1-2-20-13(19)11-16-10-9(12(18)17-11)14-7-5-3-4-6-8(7)15-10/h3-6H,2H2,1H3,(H,15,16,17,18). The minimum atomic E-state index is -0.693. The Balaban J connectivity index is 2.27. The smallest absolute Gasteiger partial charge is 0.374 e. The van der Waals surface area contributed by atoms with E-state index < -0.39 is 11.5 Å². The van der Waals surface area contributed by atoms with Crippen molar-refractivity contribution in [2.24, 2.45) is 0 Å². The van der Waals surface area contributed by atoms with E-state index in [0.717, 1.165) is 0 Å². The second kappa shape index (κ2) is 4.69. The number of H-pyrrole nitrogens is 1. The third kappa shape index (κ3) is 1.99. The second-order valence-corrected chi connectivity index (χ2v) is 4.02. The number of rotatable bonds is 2. The summed E-state index contributed by atoms with van der Waals surface area (Å²) >= 11 is 0. The lowest BCUT2D eigenvalue weighted by atomic mass is 10.3. The summed E-state index contributed by atoms with van der Waals surface area (Å²) in [6.45, 7) is 1.87. The van der Waals surface area contributed by atoms with Gasteiger partial charge in [-0.15, -0.1) is 0 Å². The van der Waals surface area contributed by atoms with Crippen molar-refractivity contribution in [1.29, 1.82) is 0 Å². The van der Waals surface area contributed by atoms with Crippen LogP contribution in [0.2, 0.25) is 0 Å². The number of hydrogen-bond acceptors (Lipinski definition) is 6. The molecule has 100 valence electrons. The Morgan fingerprint density at radius 1 is 1.20 bits per heavy atom. The molecule has 2 heterocycles. The van der Waals surface area contributed by atoms with Crippen LogP contribution in [0, 0.1) is 0 Å². The molecule has 0 aliphatic carbocycles. The van der Waals surface area contributed by atoms with Crippen molar-refractivity contribution in [3.63, 3.8) is 0 Å². The van der Waals surface area contributed by atoms with Gasteiger partial charge >= 0.3 is 5.97 Å². The van der Waals surface area contributed by atoms with Gasteiger partial charge in [0, 0.05) is 0 Å². The zero-order chi connectivity index (χ0) is 14.1. The average Bonchev–Trinajstić information content (AvgIpc) is 2.45. The maximum Gasteiger partial charge on any atom is 0.374 e. The quantitative estimate of drug-likeness (QED) is 0.552. The first-order valence-electron chi connectivity index (χ1n) is 6.03. The molecule has 0 fully saturated rings. The van der Waals surface area contributed by atoms with Gasteiger partial charge in [0.05, 0.1) is 17.6 Å². The molecule has 3 aromatic rings. The molecule has 3 rings (SSSR count). The number of fused-ring (bicyclic) bond motifs is 2. The van der Waals surface area contributed by atoms with E-state index in [0.29, 0.717) is 11.0 Å². The Morgan fingerprint density at radius 3 is 2.60 bits per heavy atom. The Hall–Kier alpha value is -2.83. The number of carbonyl (C=O) groups excluding carboxylic acids is 1. The maximum absolute atomic E-state index is 11.9. The van der Waals surface area contributed by atoms with Gasteiger partial charge in [-0.1, -0.05) is 12.1 Å². The van der Waals surface area contributed by atoms with Gasteiger partial charge in [-0.05, 0) is 19.1 Å². The monoisotopic (exact) mass is 270 g/mol. The lowest BCUT2D eigenvalue weighted by molar-refractivity contribution is 0.0512. The topological polar surface area (TPSA) is 97.8 Å². The lowest BCUT2D eigenvalue weighted by Gasteiger charge is -2.03. The number of hydrogen-bond donors (Lipinski definition) is 1. The fourth-order valence-corrected chi connectivity index (χ4v) is 1.82. The molecule has 0 radical (unpaired) electrons. The molecule has 0 atom stereocenters. The van der Waals surface area contributed by atoms with Gasteiger partial charge in [0.25, 0.3) is 5.56 Å². The summed E-state index contributed by atoms with van der Waals surface area (Å²) in [5, 5.41) is 0. The van der Waals surface area contributed by atoms with Crippen LogP contribution in [0.4, 0.5) is 0 Å². The normalized spacial score (nSPS) is 10.8. The van der Waals surface area contributed by atoms with Gasteiger partial charge in [-0.3, -0.25) is 9.78 Å². The van der Waals surface area contributed by atoms with Gasteiger partial charge in [0.1, 0.15) is 0 Å². The molecule has 0 unspecified atom stereocenters. The van der Waals surface area contributed by atoms with E-state index in [9.17, 15) is 9.59 Å². The van der Waals surface area contributed by atoms with Crippen LogP contribution in [0.3, 0.4) is 0 Å². The first-order valence-corrected chi connectivity index (χ1v) is 6.03. The van der Waals surface area contributed by atoms with Crippen LogP contribution >= 0.6 is 0 Å². The molecule has 0 amide bonds. The largest absolute Gasteiger partial charge is 0.460 e. The number of nitrogens with zero attached hydrogens (tertiary/aromatic N) is 3. The molecule has 0 spiro atoms. The minimum absolute atomic E-state index is 0.0942. The summed E-state index contributed by atoms with van der Waals surface area (Å²) < 4.78 is 4.80. The van der Waals surface area contributed by atoms with Crippen LogP contribution in [0.1, 0.15) is 17.5 Å². The molecule has 0 aliphatic heterocycles. The maximum atomic E-state index is 11.9. The zero-order valence-corrected chi connectivity index (χ0v) is 10.6. The molecule has 0 aliphatic rings. The highest BCUT2D eigenvalue weighted by atomic mass is 16.5. The fourth-order valence-electron chi connectivity index (χ4n) is 1.82. The molecule has 0 bridgehead atoms. The fraction of sp³-hybridized carbons (Fsp3) is 0.154. The molecular formula is C13H10N4O3. The molecule has 7 heteroatoms. The van der Waals surface area contributed by atoms with Gasteiger partial charge in [0.2, 0.25) is 5.82 Å².